The lowest BCUT2D eigenvalue weighted by Gasteiger charge is -2.17. The molecule has 0 aliphatic rings. The average molecular weight is 266 g/mol. The molecule has 0 bridgehead atoms. The van der Waals surface area contributed by atoms with Crippen LogP contribution in [0.3, 0.4) is 0 Å². The molecule has 19 heavy (non-hydrogen) atoms. The third kappa shape index (κ3) is 3.50. The van der Waals surface area contributed by atoms with Crippen molar-refractivity contribution in [2.24, 2.45) is 0 Å². The molecule has 0 aromatic heterocycles. The van der Waals surface area contributed by atoms with Crippen LogP contribution in [0.2, 0.25) is 0 Å². The zero-order chi connectivity index (χ0) is 14.3. The Labute approximate surface area is 112 Å². The lowest BCUT2D eigenvalue weighted by Crippen LogP contribution is -2.23. The molecule has 0 spiro atoms. The van der Waals surface area contributed by atoms with E-state index in [0.717, 1.165) is 0 Å². The van der Waals surface area contributed by atoms with Crippen molar-refractivity contribution in [1.82, 2.24) is 5.32 Å². The molecule has 0 aliphatic carbocycles. The minimum atomic E-state index is -0.595. The van der Waals surface area contributed by atoms with Gasteiger partial charge in [-0.25, -0.2) is 0 Å². The van der Waals surface area contributed by atoms with Crippen molar-refractivity contribution in [2.75, 3.05) is 34.5 Å². The Bertz CT molecular complexity index is 457. The Morgan fingerprint density at radius 2 is 1.74 bits per heavy atom. The van der Waals surface area contributed by atoms with Gasteiger partial charge in [-0.2, -0.15) is 5.26 Å². The molecule has 1 aromatic carbocycles. The molecule has 0 amide bonds. The average Bonchev–Trinajstić information content (AvgIpc) is 2.47. The van der Waals surface area contributed by atoms with Crippen LogP contribution in [-0.4, -0.2) is 39.6 Å². The molecule has 0 radical (unpaired) electrons. The van der Waals surface area contributed by atoms with Crippen LogP contribution in [0.15, 0.2) is 12.1 Å². The van der Waals surface area contributed by atoms with E-state index < -0.39 is 6.04 Å². The van der Waals surface area contributed by atoms with E-state index in [1.165, 1.54) is 21.3 Å². The van der Waals surface area contributed by atoms with Crippen molar-refractivity contribution < 1.29 is 19.3 Å². The van der Waals surface area contributed by atoms with Crippen molar-refractivity contribution in [3.63, 3.8) is 0 Å². The molecule has 1 rings (SSSR count). The maximum atomic E-state index is 9.19. The predicted octanol–water partition coefficient (Wildman–Crippen LogP) is 0.859. The molecule has 2 N–H and O–H groups in total. The quantitative estimate of drug-likeness (QED) is 0.761. The van der Waals surface area contributed by atoms with Crippen LogP contribution in [0.4, 0.5) is 0 Å². The zero-order valence-electron chi connectivity index (χ0n) is 11.3. The number of nitrogens with zero attached hydrogens (tertiary/aromatic N) is 1. The van der Waals surface area contributed by atoms with Gasteiger partial charge in [0, 0.05) is 18.2 Å². The summed E-state index contributed by atoms with van der Waals surface area (Å²) in [5, 5.41) is 20.9. The van der Waals surface area contributed by atoms with E-state index in [2.05, 4.69) is 11.4 Å². The fraction of sp³-hybridized carbons (Fsp3) is 0.462. The van der Waals surface area contributed by atoms with Gasteiger partial charge in [0.25, 0.3) is 0 Å². The summed E-state index contributed by atoms with van der Waals surface area (Å²) in [5.74, 6) is 1.57. The van der Waals surface area contributed by atoms with Crippen LogP contribution in [0.5, 0.6) is 17.2 Å². The van der Waals surface area contributed by atoms with Crippen molar-refractivity contribution >= 4 is 0 Å². The predicted molar refractivity (Wildman–Crippen MR) is 69.5 cm³/mol. The molecule has 0 aliphatic heterocycles. The Hall–Kier alpha value is -1.97. The monoisotopic (exact) mass is 266 g/mol. The highest BCUT2D eigenvalue weighted by Crippen LogP contribution is 2.37. The molecular weight excluding hydrogens is 248 g/mol. The maximum Gasteiger partial charge on any atom is 0.164 e. The third-order valence-corrected chi connectivity index (χ3v) is 2.64. The van der Waals surface area contributed by atoms with Crippen molar-refractivity contribution in [1.29, 1.82) is 5.26 Å². The highest BCUT2D eigenvalue weighted by Gasteiger charge is 2.19. The number of aliphatic hydroxyl groups is 1. The molecule has 1 atom stereocenters. The van der Waals surface area contributed by atoms with Crippen LogP contribution < -0.4 is 19.5 Å². The number of nitriles is 1. The van der Waals surface area contributed by atoms with Crippen LogP contribution in [0.25, 0.3) is 0 Å². The molecule has 104 valence electrons. The largest absolute Gasteiger partial charge is 0.496 e. The second-order valence-electron chi connectivity index (χ2n) is 3.69. The number of methoxy groups -OCH3 is 3. The summed E-state index contributed by atoms with van der Waals surface area (Å²) in [4.78, 5) is 0. The van der Waals surface area contributed by atoms with Gasteiger partial charge >= 0.3 is 0 Å². The van der Waals surface area contributed by atoms with Gasteiger partial charge < -0.3 is 19.3 Å². The highest BCUT2D eigenvalue weighted by molar-refractivity contribution is 5.52. The topological polar surface area (TPSA) is 83.7 Å². The number of benzene rings is 1. The first-order chi connectivity index (χ1) is 9.21. The minimum Gasteiger partial charge on any atom is -0.496 e. The summed E-state index contributed by atoms with van der Waals surface area (Å²) in [7, 11) is 4.57. The first kappa shape index (κ1) is 15.1. The fourth-order valence-corrected chi connectivity index (χ4v) is 1.71. The smallest absolute Gasteiger partial charge is 0.164 e. The normalized spacial score (nSPS) is 11.5. The van der Waals surface area contributed by atoms with Crippen molar-refractivity contribution in [3.8, 4) is 23.3 Å². The number of nitrogens with one attached hydrogen (secondary N) is 1. The van der Waals surface area contributed by atoms with E-state index in [0.29, 0.717) is 29.4 Å². The summed E-state index contributed by atoms with van der Waals surface area (Å²) >= 11 is 0. The molecule has 1 aromatic rings. The van der Waals surface area contributed by atoms with Crippen molar-refractivity contribution in [3.05, 3.63) is 17.7 Å². The van der Waals surface area contributed by atoms with E-state index in [4.69, 9.17) is 19.3 Å². The Morgan fingerprint density at radius 3 is 2.21 bits per heavy atom. The van der Waals surface area contributed by atoms with E-state index in [1.54, 1.807) is 12.1 Å². The molecule has 0 heterocycles. The van der Waals surface area contributed by atoms with Crippen molar-refractivity contribution in [2.45, 2.75) is 6.04 Å². The van der Waals surface area contributed by atoms with Gasteiger partial charge in [-0.1, -0.05) is 0 Å². The van der Waals surface area contributed by atoms with Gasteiger partial charge in [-0.05, 0) is 6.07 Å². The lowest BCUT2D eigenvalue weighted by molar-refractivity contribution is 0.288. The van der Waals surface area contributed by atoms with E-state index in [-0.39, 0.29) is 6.61 Å². The highest BCUT2D eigenvalue weighted by atomic mass is 16.5. The number of hydrogen-bond acceptors (Lipinski definition) is 6. The molecular formula is C13H18N2O4. The standard InChI is InChI=1S/C13H18N2O4/c1-17-11-7-13(19-3)12(18-2)6-9(11)10(8-14)15-4-5-16/h6-7,10,15-16H,4-5H2,1-3H3. The number of ether oxygens (including phenoxy) is 3. The summed E-state index contributed by atoms with van der Waals surface area (Å²) < 4.78 is 15.6. The second-order valence-corrected chi connectivity index (χ2v) is 3.69. The third-order valence-electron chi connectivity index (χ3n) is 2.64. The van der Waals surface area contributed by atoms with Gasteiger partial charge in [-0.3, -0.25) is 5.32 Å². The first-order valence-corrected chi connectivity index (χ1v) is 5.75. The van der Waals surface area contributed by atoms with Gasteiger partial charge in [0.15, 0.2) is 11.5 Å². The first-order valence-electron chi connectivity index (χ1n) is 5.75. The molecule has 0 saturated heterocycles. The summed E-state index contributed by atoms with van der Waals surface area (Å²) in [6.07, 6.45) is 0. The van der Waals surface area contributed by atoms with Crippen LogP contribution >= 0.6 is 0 Å². The molecule has 1 unspecified atom stereocenters. The second kappa shape index (κ2) is 7.46. The van der Waals surface area contributed by atoms with Gasteiger partial charge in [0.2, 0.25) is 0 Å². The Morgan fingerprint density at radius 1 is 1.16 bits per heavy atom. The number of hydrogen-bond donors (Lipinski definition) is 2. The fourth-order valence-electron chi connectivity index (χ4n) is 1.71. The van der Waals surface area contributed by atoms with E-state index in [9.17, 15) is 5.26 Å². The van der Waals surface area contributed by atoms with Gasteiger partial charge in [0.1, 0.15) is 11.8 Å². The van der Waals surface area contributed by atoms with Gasteiger partial charge in [-0.15, -0.1) is 0 Å². The maximum absolute atomic E-state index is 9.19. The summed E-state index contributed by atoms with van der Waals surface area (Å²) in [6, 6.07) is 4.88. The van der Waals surface area contributed by atoms with E-state index in [1.807, 2.05) is 0 Å². The Kier molecular flexibility index (Phi) is 5.93. The molecule has 0 fully saturated rings. The number of rotatable bonds is 7. The summed E-state index contributed by atoms with van der Waals surface area (Å²) in [6.45, 7) is 0.267. The van der Waals surface area contributed by atoms with Gasteiger partial charge in [0.05, 0.1) is 34.0 Å². The molecule has 6 heteroatoms. The molecule has 0 saturated carbocycles. The minimum absolute atomic E-state index is 0.0478. The van der Waals surface area contributed by atoms with Crippen LogP contribution in [0, 0.1) is 11.3 Å². The zero-order valence-corrected chi connectivity index (χ0v) is 11.3. The van der Waals surface area contributed by atoms with Crippen LogP contribution in [0.1, 0.15) is 11.6 Å². The lowest BCUT2D eigenvalue weighted by atomic mass is 10.1. The molecule has 6 nitrogen and oxygen atoms in total. The summed E-state index contributed by atoms with van der Waals surface area (Å²) in [5.41, 5.74) is 0.635. The van der Waals surface area contributed by atoms with Crippen LogP contribution in [-0.2, 0) is 0 Å². The Balaban J connectivity index is 3.20. The number of aliphatic hydroxyl groups excluding tert-OH is 1. The SMILES string of the molecule is COc1cc(OC)c(C(C#N)NCCO)cc1OC. The van der Waals surface area contributed by atoms with E-state index >= 15 is 0 Å².